The van der Waals surface area contributed by atoms with Gasteiger partial charge < -0.3 is 4.90 Å². The van der Waals surface area contributed by atoms with E-state index in [1.807, 2.05) is 0 Å². The van der Waals surface area contributed by atoms with Gasteiger partial charge in [-0.15, -0.1) is 0 Å². The number of hydrogen-bond acceptors (Lipinski definition) is 1. The second kappa shape index (κ2) is 10.7. The molecule has 0 amide bonds. The molecule has 0 bridgehead atoms. The smallest absolute Gasteiger partial charge is 0.0444 e. The van der Waals surface area contributed by atoms with Crippen molar-refractivity contribution in [1.29, 1.82) is 0 Å². The number of benzene rings is 4. The normalized spacial score (nSPS) is 14.8. The molecular formula is C36H40NP. The van der Waals surface area contributed by atoms with Crippen molar-refractivity contribution >= 4 is 29.5 Å². The van der Waals surface area contributed by atoms with Crippen LogP contribution in [0.2, 0.25) is 0 Å². The Labute approximate surface area is 230 Å². The van der Waals surface area contributed by atoms with Gasteiger partial charge in [0.15, 0.2) is 0 Å². The van der Waals surface area contributed by atoms with Gasteiger partial charge in [-0.25, -0.2) is 0 Å². The van der Waals surface area contributed by atoms with Crippen molar-refractivity contribution < 1.29 is 0 Å². The summed E-state index contributed by atoms with van der Waals surface area (Å²) in [5.41, 5.74) is 13.6. The van der Waals surface area contributed by atoms with Gasteiger partial charge in [0.1, 0.15) is 0 Å². The molecule has 0 aliphatic heterocycles. The minimum Gasteiger partial charge on any atom is -0.377 e. The Morgan fingerprint density at radius 1 is 0.579 bits per heavy atom. The van der Waals surface area contributed by atoms with Crippen LogP contribution in [0.3, 0.4) is 0 Å². The zero-order chi connectivity index (χ0) is 26.2. The van der Waals surface area contributed by atoms with E-state index in [2.05, 4.69) is 106 Å². The quantitative estimate of drug-likeness (QED) is 0.247. The summed E-state index contributed by atoms with van der Waals surface area (Å²) in [5, 5.41) is 4.46. The van der Waals surface area contributed by atoms with Crippen LogP contribution in [0.5, 0.6) is 0 Å². The van der Waals surface area contributed by atoms with E-state index in [0.29, 0.717) is 0 Å². The summed E-state index contributed by atoms with van der Waals surface area (Å²) in [5.74, 6) is 0. The molecule has 2 heteroatoms. The predicted molar refractivity (Wildman–Crippen MR) is 168 cm³/mol. The lowest BCUT2D eigenvalue weighted by Crippen LogP contribution is -2.26. The highest BCUT2D eigenvalue weighted by Crippen LogP contribution is 2.46. The average molecular weight is 518 g/mol. The average Bonchev–Trinajstić information content (AvgIpc) is 2.92. The van der Waals surface area contributed by atoms with Gasteiger partial charge >= 0.3 is 0 Å². The first-order valence-corrected chi connectivity index (χ1v) is 15.8. The molecule has 0 radical (unpaired) electrons. The maximum absolute atomic E-state index is 2.53. The lowest BCUT2D eigenvalue weighted by atomic mass is 9.80. The topological polar surface area (TPSA) is 3.24 Å². The number of rotatable bonds is 5. The summed E-state index contributed by atoms with van der Waals surface area (Å²) in [7, 11) is 3.76. The van der Waals surface area contributed by atoms with Gasteiger partial charge in [-0.1, -0.05) is 77.9 Å². The van der Waals surface area contributed by atoms with Crippen molar-refractivity contribution in [3.63, 3.8) is 0 Å². The van der Waals surface area contributed by atoms with Gasteiger partial charge in [0.05, 0.1) is 0 Å². The number of fused-ring (bicyclic) bond motifs is 2. The summed E-state index contributed by atoms with van der Waals surface area (Å²) in [6, 6.07) is 28.4. The van der Waals surface area contributed by atoms with Crippen LogP contribution < -0.4 is 20.8 Å². The third-order valence-corrected chi connectivity index (χ3v) is 11.0. The van der Waals surface area contributed by atoms with Crippen LogP contribution in [-0.4, -0.2) is 14.1 Å². The van der Waals surface area contributed by atoms with E-state index in [1.165, 1.54) is 84.4 Å². The second-order valence-corrected chi connectivity index (χ2v) is 13.7. The van der Waals surface area contributed by atoms with Crippen LogP contribution in [-0.2, 0) is 25.7 Å². The van der Waals surface area contributed by atoms with Crippen LogP contribution in [0.4, 0.5) is 5.69 Å². The van der Waals surface area contributed by atoms with Crippen molar-refractivity contribution in [3.05, 3.63) is 106 Å². The van der Waals surface area contributed by atoms with Crippen molar-refractivity contribution in [1.82, 2.24) is 0 Å². The molecule has 2 aliphatic carbocycles. The fourth-order valence-electron chi connectivity index (χ4n) is 6.71. The third kappa shape index (κ3) is 4.71. The largest absolute Gasteiger partial charge is 0.377 e. The first kappa shape index (κ1) is 25.4. The predicted octanol–water partition coefficient (Wildman–Crippen LogP) is 7.55. The molecule has 0 saturated carbocycles. The third-order valence-electron chi connectivity index (χ3n) is 8.51. The fourth-order valence-corrected chi connectivity index (χ4v) is 9.39. The fraction of sp³-hybridized carbons (Fsp3) is 0.333. The molecule has 0 aromatic heterocycles. The summed E-state index contributed by atoms with van der Waals surface area (Å²) < 4.78 is 0. The molecular weight excluding hydrogens is 477 g/mol. The monoisotopic (exact) mass is 517 g/mol. The van der Waals surface area contributed by atoms with Gasteiger partial charge in [0.2, 0.25) is 0 Å². The highest BCUT2D eigenvalue weighted by molar-refractivity contribution is 7.80. The second-order valence-electron chi connectivity index (χ2n) is 11.5. The first-order valence-electron chi connectivity index (χ1n) is 14.4. The molecule has 0 unspecified atom stereocenters. The van der Waals surface area contributed by atoms with E-state index >= 15 is 0 Å². The van der Waals surface area contributed by atoms with Crippen LogP contribution >= 0.6 is 7.92 Å². The van der Waals surface area contributed by atoms with Gasteiger partial charge in [-0.05, 0) is 123 Å². The van der Waals surface area contributed by atoms with E-state index < -0.39 is 7.92 Å². The summed E-state index contributed by atoms with van der Waals surface area (Å²) >= 11 is 0. The van der Waals surface area contributed by atoms with Crippen molar-refractivity contribution in [2.45, 2.75) is 65.2 Å². The molecule has 0 saturated heterocycles. The Hall–Kier alpha value is -2.89. The Bertz CT molecular complexity index is 1440. The molecule has 2 aliphatic rings. The molecule has 38 heavy (non-hydrogen) atoms. The van der Waals surface area contributed by atoms with E-state index in [4.69, 9.17) is 0 Å². The molecule has 0 N–H and O–H groups in total. The number of aryl methyl sites for hydroxylation is 4. The van der Waals surface area contributed by atoms with Gasteiger partial charge in [0.25, 0.3) is 0 Å². The minimum absolute atomic E-state index is 0.701. The van der Waals surface area contributed by atoms with Gasteiger partial charge in [0, 0.05) is 25.3 Å². The van der Waals surface area contributed by atoms with E-state index in [-0.39, 0.29) is 0 Å². The van der Waals surface area contributed by atoms with E-state index in [0.717, 1.165) is 0 Å². The SMILES string of the molecule is Cc1cccc(P(c2cccc(C)c2)c2ccc3c(c2-c2c(N(C)C)ccc4c2CCCC4)CCCC3)c1. The molecule has 6 rings (SSSR count). The summed E-state index contributed by atoms with van der Waals surface area (Å²) in [6.45, 7) is 4.47. The Kier molecular flexibility index (Phi) is 7.15. The van der Waals surface area contributed by atoms with Crippen molar-refractivity contribution in [2.24, 2.45) is 0 Å². The lowest BCUT2D eigenvalue weighted by Gasteiger charge is -2.32. The number of nitrogens with zero attached hydrogens (tertiary/aromatic N) is 1. The highest BCUT2D eigenvalue weighted by Gasteiger charge is 2.29. The molecule has 0 atom stereocenters. The van der Waals surface area contributed by atoms with Crippen molar-refractivity contribution in [2.75, 3.05) is 19.0 Å². The van der Waals surface area contributed by atoms with Gasteiger partial charge in [-0.2, -0.15) is 0 Å². The molecule has 0 fully saturated rings. The maximum Gasteiger partial charge on any atom is 0.0444 e. The molecule has 0 spiro atoms. The van der Waals surface area contributed by atoms with Crippen LogP contribution in [0.15, 0.2) is 72.8 Å². The zero-order valence-electron chi connectivity index (χ0n) is 23.5. The highest BCUT2D eigenvalue weighted by atomic mass is 31.1. The summed E-state index contributed by atoms with van der Waals surface area (Å²) in [6.07, 6.45) is 10.0. The van der Waals surface area contributed by atoms with E-state index in [1.54, 1.807) is 33.1 Å². The van der Waals surface area contributed by atoms with Crippen LogP contribution in [0, 0.1) is 13.8 Å². The number of anilines is 1. The van der Waals surface area contributed by atoms with E-state index in [9.17, 15) is 0 Å². The molecule has 4 aromatic carbocycles. The van der Waals surface area contributed by atoms with Gasteiger partial charge in [-0.3, -0.25) is 0 Å². The molecule has 0 heterocycles. The first-order chi connectivity index (χ1) is 18.5. The molecule has 4 aromatic rings. The maximum atomic E-state index is 2.53. The zero-order valence-corrected chi connectivity index (χ0v) is 24.4. The standard InChI is InChI=1S/C36H40NP/c1-25-11-9-15-29(23-25)38(30-16-10-12-26(2)24-30)34-22-20-28-14-6-8-18-32(28)36(34)35-31-17-7-5-13-27(31)19-21-33(35)37(3)4/h9-12,15-16,19-24H,5-8,13-14,17-18H2,1-4H3. The van der Waals surface area contributed by atoms with Crippen LogP contribution in [0.25, 0.3) is 11.1 Å². The Morgan fingerprint density at radius 3 is 1.66 bits per heavy atom. The number of hydrogen-bond donors (Lipinski definition) is 0. The Balaban J connectivity index is 1.71. The molecule has 194 valence electrons. The Morgan fingerprint density at radius 2 is 1.11 bits per heavy atom. The lowest BCUT2D eigenvalue weighted by molar-refractivity contribution is 0.682. The molecule has 1 nitrogen and oxygen atoms in total. The summed E-state index contributed by atoms with van der Waals surface area (Å²) in [4.78, 5) is 2.36. The minimum atomic E-state index is -0.701. The van der Waals surface area contributed by atoms with Crippen molar-refractivity contribution in [3.8, 4) is 11.1 Å². The van der Waals surface area contributed by atoms with Crippen LogP contribution in [0.1, 0.15) is 59.1 Å².